The molecule has 24 heavy (non-hydrogen) atoms. The maximum absolute atomic E-state index is 13.2. The summed E-state index contributed by atoms with van der Waals surface area (Å²) in [6, 6.07) is 2.84. The highest BCUT2D eigenvalue weighted by molar-refractivity contribution is 5.98. The Kier molecular flexibility index (Phi) is 5.16. The molecular weight excluding hydrogens is 353 g/mol. The van der Waals surface area contributed by atoms with E-state index in [1.54, 1.807) is 0 Å². The van der Waals surface area contributed by atoms with Crippen LogP contribution in [0.2, 0.25) is 0 Å². The van der Waals surface area contributed by atoms with Gasteiger partial charge in [-0.1, -0.05) is 0 Å². The third-order valence-electron chi connectivity index (χ3n) is 2.78. The zero-order valence-electron chi connectivity index (χ0n) is 12.0. The summed E-state index contributed by atoms with van der Waals surface area (Å²) in [4.78, 5) is 22.5. The van der Waals surface area contributed by atoms with E-state index >= 15 is 0 Å². The summed E-state index contributed by atoms with van der Waals surface area (Å²) in [7, 11) is 1.11. The number of hydrogen-bond donors (Lipinski definition) is 0. The van der Waals surface area contributed by atoms with Gasteiger partial charge in [-0.05, 0) is 19.1 Å². The van der Waals surface area contributed by atoms with Crippen molar-refractivity contribution in [1.29, 1.82) is 0 Å². The number of alkyl halides is 7. The van der Waals surface area contributed by atoms with Gasteiger partial charge in [0.25, 0.3) is 0 Å². The second kappa shape index (κ2) is 6.29. The number of ether oxygens (including phenoxy) is 2. The number of rotatable bonds is 5. The van der Waals surface area contributed by atoms with Gasteiger partial charge in [0.1, 0.15) is 11.5 Å². The van der Waals surface area contributed by atoms with Crippen LogP contribution in [0.5, 0.6) is 11.5 Å². The lowest BCUT2D eigenvalue weighted by molar-refractivity contribution is -0.346. The van der Waals surface area contributed by atoms with Crippen LogP contribution in [0.1, 0.15) is 17.3 Å². The molecule has 0 unspecified atom stereocenters. The van der Waals surface area contributed by atoms with Crippen molar-refractivity contribution in [3.8, 4) is 11.5 Å². The number of Topliss-reactive ketones (excluding diaryl/α,β-unsaturated/α-hetero) is 1. The Morgan fingerprint density at radius 1 is 1.00 bits per heavy atom. The van der Waals surface area contributed by atoms with Crippen molar-refractivity contribution >= 4 is 11.8 Å². The topological polar surface area (TPSA) is 52.6 Å². The van der Waals surface area contributed by atoms with Crippen LogP contribution in [0.25, 0.3) is 0 Å². The van der Waals surface area contributed by atoms with E-state index in [-0.39, 0.29) is 5.75 Å². The summed E-state index contributed by atoms with van der Waals surface area (Å²) >= 11 is 0. The summed E-state index contributed by atoms with van der Waals surface area (Å²) in [5.74, 6) is -17.9. The van der Waals surface area contributed by atoms with Crippen LogP contribution in [0.3, 0.4) is 0 Å². The van der Waals surface area contributed by atoms with Crippen LogP contribution in [-0.4, -0.2) is 36.9 Å². The molecule has 0 aromatic heterocycles. The lowest BCUT2D eigenvalue weighted by atomic mass is 10.1. The Labute approximate surface area is 130 Å². The van der Waals surface area contributed by atoms with Crippen molar-refractivity contribution < 1.29 is 49.8 Å². The van der Waals surface area contributed by atoms with Gasteiger partial charge in [0.15, 0.2) is 5.78 Å². The maximum Gasteiger partial charge on any atom is 0.460 e. The molecule has 1 aromatic carbocycles. The fraction of sp³-hybridized carbons (Fsp3) is 0.385. The molecule has 0 fully saturated rings. The minimum absolute atomic E-state index is 0.117. The van der Waals surface area contributed by atoms with Crippen molar-refractivity contribution in [3.63, 3.8) is 0 Å². The van der Waals surface area contributed by atoms with E-state index in [0.717, 1.165) is 32.2 Å². The molecule has 0 bridgehead atoms. The normalized spacial score (nSPS) is 12.7. The largest absolute Gasteiger partial charge is 0.497 e. The molecule has 1 rings (SSSR count). The molecule has 0 heterocycles. The number of ketones is 1. The molecular formula is C13H9F7O4. The first-order valence-corrected chi connectivity index (χ1v) is 5.99. The molecule has 0 atom stereocenters. The Morgan fingerprint density at radius 3 is 1.96 bits per heavy atom. The molecule has 0 aliphatic heterocycles. The molecule has 134 valence electrons. The third kappa shape index (κ3) is 3.44. The van der Waals surface area contributed by atoms with E-state index in [1.807, 2.05) is 0 Å². The number of esters is 1. The van der Waals surface area contributed by atoms with Gasteiger partial charge in [-0.2, -0.15) is 30.7 Å². The summed E-state index contributed by atoms with van der Waals surface area (Å²) in [6.45, 7) is 0.932. The van der Waals surface area contributed by atoms with Crippen LogP contribution in [0.4, 0.5) is 30.7 Å². The first-order valence-electron chi connectivity index (χ1n) is 5.99. The first kappa shape index (κ1) is 19.7. The smallest absolute Gasteiger partial charge is 0.460 e. The number of halogens is 7. The predicted octanol–water partition coefficient (Wildman–Crippen LogP) is 3.64. The molecule has 0 saturated carbocycles. The van der Waals surface area contributed by atoms with Gasteiger partial charge >= 0.3 is 24.0 Å². The highest BCUT2D eigenvalue weighted by atomic mass is 19.4. The minimum Gasteiger partial charge on any atom is -0.497 e. The second-order valence-electron chi connectivity index (χ2n) is 4.45. The fourth-order valence-corrected chi connectivity index (χ4v) is 1.48. The molecule has 11 heteroatoms. The van der Waals surface area contributed by atoms with E-state index in [2.05, 4.69) is 9.47 Å². The molecule has 0 radical (unpaired) electrons. The summed E-state index contributed by atoms with van der Waals surface area (Å²) < 4.78 is 96.8. The number of benzene rings is 1. The van der Waals surface area contributed by atoms with Crippen molar-refractivity contribution in [3.05, 3.63) is 23.8 Å². The van der Waals surface area contributed by atoms with Crippen molar-refractivity contribution in [2.45, 2.75) is 24.9 Å². The van der Waals surface area contributed by atoms with Gasteiger partial charge in [-0.15, -0.1) is 0 Å². The number of methoxy groups -OCH3 is 1. The SMILES string of the molecule is COc1ccc(C(C)=O)c(OC(=O)C(F)(F)C(F)(F)C(F)(F)F)c1. The van der Waals surface area contributed by atoms with Crippen LogP contribution >= 0.6 is 0 Å². The van der Waals surface area contributed by atoms with E-state index < -0.39 is 41.1 Å². The van der Waals surface area contributed by atoms with E-state index in [1.165, 1.54) is 0 Å². The molecule has 0 N–H and O–H groups in total. The molecule has 1 aromatic rings. The zero-order chi connectivity index (χ0) is 18.9. The lowest BCUT2D eigenvalue weighted by Crippen LogP contribution is -2.57. The molecule has 0 aliphatic rings. The minimum atomic E-state index is -6.69. The Bertz CT molecular complexity index is 652. The quantitative estimate of drug-likeness (QED) is 0.347. The molecule has 0 spiro atoms. The van der Waals surface area contributed by atoms with E-state index in [0.29, 0.717) is 0 Å². The predicted molar refractivity (Wildman–Crippen MR) is 64.6 cm³/mol. The molecule has 4 nitrogen and oxygen atoms in total. The lowest BCUT2D eigenvalue weighted by Gasteiger charge is -2.26. The Hall–Kier alpha value is -2.33. The standard InChI is InChI=1S/C13H9F7O4/c1-6(21)8-4-3-7(23-2)5-9(8)24-10(22)11(14,15)12(16,17)13(18,19)20/h3-5H,1-2H3. The first-order chi connectivity index (χ1) is 10.8. The van der Waals surface area contributed by atoms with Gasteiger partial charge in [0, 0.05) is 6.07 Å². The summed E-state index contributed by atoms with van der Waals surface area (Å²) in [5, 5.41) is 0. The van der Waals surface area contributed by atoms with Crippen molar-refractivity contribution in [2.75, 3.05) is 7.11 Å². The number of carbonyl (C=O) groups excluding carboxylic acids is 2. The Balaban J connectivity index is 3.26. The average molecular weight is 362 g/mol. The average Bonchev–Trinajstić information content (AvgIpc) is 2.45. The number of hydrogen-bond acceptors (Lipinski definition) is 4. The van der Waals surface area contributed by atoms with Crippen LogP contribution in [-0.2, 0) is 4.79 Å². The molecule has 0 saturated heterocycles. The second-order valence-corrected chi connectivity index (χ2v) is 4.45. The van der Waals surface area contributed by atoms with Gasteiger partial charge in [-0.3, -0.25) is 4.79 Å². The summed E-state index contributed by atoms with van der Waals surface area (Å²) in [6.07, 6.45) is -6.69. The van der Waals surface area contributed by atoms with Gasteiger partial charge in [0.2, 0.25) is 0 Å². The highest BCUT2D eigenvalue weighted by Crippen LogP contribution is 2.47. The van der Waals surface area contributed by atoms with Crippen molar-refractivity contribution in [2.24, 2.45) is 0 Å². The van der Waals surface area contributed by atoms with Gasteiger partial charge in [0.05, 0.1) is 12.7 Å². The number of carbonyl (C=O) groups is 2. The van der Waals surface area contributed by atoms with E-state index in [4.69, 9.17) is 0 Å². The van der Waals surface area contributed by atoms with Crippen LogP contribution < -0.4 is 9.47 Å². The zero-order valence-corrected chi connectivity index (χ0v) is 12.0. The van der Waals surface area contributed by atoms with E-state index in [9.17, 15) is 40.3 Å². The maximum atomic E-state index is 13.2. The van der Waals surface area contributed by atoms with Crippen LogP contribution in [0, 0.1) is 0 Å². The molecule has 0 aliphatic carbocycles. The van der Waals surface area contributed by atoms with Crippen molar-refractivity contribution in [1.82, 2.24) is 0 Å². The van der Waals surface area contributed by atoms with Gasteiger partial charge in [-0.25, -0.2) is 4.79 Å². The monoisotopic (exact) mass is 362 g/mol. The van der Waals surface area contributed by atoms with Crippen LogP contribution in [0.15, 0.2) is 18.2 Å². The van der Waals surface area contributed by atoms with Gasteiger partial charge < -0.3 is 9.47 Å². The third-order valence-corrected chi connectivity index (χ3v) is 2.78. The molecule has 0 amide bonds. The highest BCUT2D eigenvalue weighted by Gasteiger charge is 2.77. The fourth-order valence-electron chi connectivity index (χ4n) is 1.48. The summed E-state index contributed by atoms with van der Waals surface area (Å²) in [5.41, 5.74) is -0.490. The Morgan fingerprint density at radius 2 is 1.54 bits per heavy atom.